The molecule has 2 heteroatoms. The van der Waals surface area contributed by atoms with Gasteiger partial charge < -0.3 is 5.73 Å². The zero-order valence-electron chi connectivity index (χ0n) is 12.8. The van der Waals surface area contributed by atoms with Crippen LogP contribution in [0.15, 0.2) is 0 Å². The van der Waals surface area contributed by atoms with Gasteiger partial charge in [0.25, 0.3) is 0 Å². The van der Waals surface area contributed by atoms with Gasteiger partial charge in [-0.3, -0.25) is 4.90 Å². The van der Waals surface area contributed by atoms with Gasteiger partial charge in [-0.2, -0.15) is 0 Å². The van der Waals surface area contributed by atoms with E-state index in [0.717, 1.165) is 18.5 Å². The highest BCUT2D eigenvalue weighted by molar-refractivity contribution is 4.91. The molecule has 18 heavy (non-hydrogen) atoms. The Morgan fingerprint density at radius 1 is 1.11 bits per heavy atom. The topological polar surface area (TPSA) is 29.3 Å². The Bertz CT molecular complexity index is 256. The minimum atomic E-state index is 0.412. The largest absolute Gasteiger partial charge is 0.326 e. The summed E-state index contributed by atoms with van der Waals surface area (Å²) in [5.41, 5.74) is 6.69. The zero-order valence-corrected chi connectivity index (χ0v) is 12.8. The van der Waals surface area contributed by atoms with Crippen LogP contribution < -0.4 is 5.73 Å². The number of hydrogen-bond acceptors (Lipinski definition) is 2. The Labute approximate surface area is 113 Å². The maximum absolute atomic E-state index is 6.15. The Morgan fingerprint density at radius 3 is 2.17 bits per heavy atom. The lowest BCUT2D eigenvalue weighted by Crippen LogP contribution is -2.40. The molecule has 0 amide bonds. The van der Waals surface area contributed by atoms with Crippen molar-refractivity contribution in [3.05, 3.63) is 0 Å². The Balaban J connectivity index is 1.84. The summed E-state index contributed by atoms with van der Waals surface area (Å²) in [4.78, 5) is 2.67. The number of rotatable bonds is 3. The van der Waals surface area contributed by atoms with Crippen LogP contribution in [0.25, 0.3) is 0 Å². The van der Waals surface area contributed by atoms with Crippen molar-refractivity contribution in [3.8, 4) is 0 Å². The fraction of sp³-hybridized carbons (Fsp3) is 1.00. The Morgan fingerprint density at radius 2 is 1.72 bits per heavy atom. The molecule has 1 aliphatic carbocycles. The molecule has 2 N–H and O–H groups in total. The quantitative estimate of drug-likeness (QED) is 0.835. The molecule has 2 rings (SSSR count). The molecule has 0 aromatic rings. The standard InChI is InChI=1S/C16H32N2/c1-5-16(3,4)13-6-8-14(9-7-13)18-10-12(2)15(17)11-18/h12-15H,5-11,17H2,1-4H3. The molecule has 2 fully saturated rings. The van der Waals surface area contributed by atoms with Gasteiger partial charge in [0.05, 0.1) is 0 Å². The summed E-state index contributed by atoms with van der Waals surface area (Å²) in [6.45, 7) is 11.9. The number of hydrogen-bond donors (Lipinski definition) is 1. The highest BCUT2D eigenvalue weighted by atomic mass is 15.2. The molecule has 0 radical (unpaired) electrons. The van der Waals surface area contributed by atoms with Gasteiger partial charge in [0.2, 0.25) is 0 Å². The predicted molar refractivity (Wildman–Crippen MR) is 78.5 cm³/mol. The minimum absolute atomic E-state index is 0.412. The van der Waals surface area contributed by atoms with Crippen LogP contribution in [0.3, 0.4) is 0 Å². The third-order valence-corrected chi connectivity index (χ3v) is 5.93. The van der Waals surface area contributed by atoms with Crippen molar-refractivity contribution in [2.75, 3.05) is 13.1 Å². The van der Waals surface area contributed by atoms with Crippen molar-refractivity contribution in [2.45, 2.75) is 71.9 Å². The molecule has 1 saturated carbocycles. The van der Waals surface area contributed by atoms with Crippen molar-refractivity contribution in [1.82, 2.24) is 4.90 Å². The lowest BCUT2D eigenvalue weighted by Gasteiger charge is -2.41. The van der Waals surface area contributed by atoms with Crippen molar-refractivity contribution in [1.29, 1.82) is 0 Å². The van der Waals surface area contributed by atoms with Crippen LogP contribution in [0.5, 0.6) is 0 Å². The van der Waals surface area contributed by atoms with E-state index < -0.39 is 0 Å². The monoisotopic (exact) mass is 252 g/mol. The molecule has 1 aliphatic heterocycles. The summed E-state index contributed by atoms with van der Waals surface area (Å²) in [6.07, 6.45) is 6.95. The molecule has 1 heterocycles. The smallest absolute Gasteiger partial charge is 0.0206 e. The summed E-state index contributed by atoms with van der Waals surface area (Å²) in [5, 5.41) is 0. The Hall–Kier alpha value is -0.0800. The van der Waals surface area contributed by atoms with Gasteiger partial charge in [-0.15, -0.1) is 0 Å². The SMILES string of the molecule is CCC(C)(C)C1CCC(N2CC(C)C(N)C2)CC1. The first-order valence-corrected chi connectivity index (χ1v) is 7.93. The highest BCUT2D eigenvalue weighted by Crippen LogP contribution is 2.41. The van der Waals surface area contributed by atoms with E-state index in [-0.39, 0.29) is 0 Å². The molecule has 0 aromatic carbocycles. The highest BCUT2D eigenvalue weighted by Gasteiger charge is 2.36. The Kier molecular flexibility index (Phi) is 4.38. The van der Waals surface area contributed by atoms with Gasteiger partial charge in [0, 0.05) is 25.2 Å². The van der Waals surface area contributed by atoms with Gasteiger partial charge in [0.1, 0.15) is 0 Å². The number of nitrogens with two attached hydrogens (primary N) is 1. The van der Waals surface area contributed by atoms with Crippen LogP contribution in [0.2, 0.25) is 0 Å². The average molecular weight is 252 g/mol. The summed E-state index contributed by atoms with van der Waals surface area (Å²) >= 11 is 0. The average Bonchev–Trinajstić information content (AvgIpc) is 2.70. The molecule has 1 saturated heterocycles. The first-order valence-electron chi connectivity index (χ1n) is 7.93. The molecule has 2 nitrogen and oxygen atoms in total. The molecule has 0 bridgehead atoms. The van der Waals surface area contributed by atoms with Gasteiger partial charge in [-0.1, -0.05) is 34.1 Å². The third-order valence-electron chi connectivity index (χ3n) is 5.93. The van der Waals surface area contributed by atoms with Crippen LogP contribution in [0.4, 0.5) is 0 Å². The lowest BCUT2D eigenvalue weighted by atomic mass is 9.68. The van der Waals surface area contributed by atoms with E-state index in [0.29, 0.717) is 17.4 Å². The third kappa shape index (κ3) is 2.91. The fourth-order valence-electron chi connectivity index (χ4n) is 3.84. The molecule has 2 unspecified atom stereocenters. The molecular weight excluding hydrogens is 220 g/mol. The van der Waals surface area contributed by atoms with Gasteiger partial charge in [-0.25, -0.2) is 0 Å². The molecule has 0 aromatic heterocycles. The van der Waals surface area contributed by atoms with Crippen molar-refractivity contribution in [2.24, 2.45) is 23.0 Å². The number of nitrogens with zero attached hydrogens (tertiary/aromatic N) is 1. The normalized spacial score (nSPS) is 39.2. The summed E-state index contributed by atoms with van der Waals surface area (Å²) in [7, 11) is 0. The molecule has 106 valence electrons. The first kappa shape index (κ1) is 14.3. The summed E-state index contributed by atoms with van der Waals surface area (Å²) in [6, 6.07) is 1.24. The van der Waals surface area contributed by atoms with E-state index in [1.807, 2.05) is 0 Å². The first-order chi connectivity index (χ1) is 8.44. The van der Waals surface area contributed by atoms with Crippen LogP contribution in [-0.4, -0.2) is 30.1 Å². The van der Waals surface area contributed by atoms with Crippen LogP contribution >= 0.6 is 0 Å². The fourth-order valence-corrected chi connectivity index (χ4v) is 3.84. The second-order valence-electron chi connectivity index (χ2n) is 7.44. The molecule has 2 atom stereocenters. The molecule has 0 spiro atoms. The maximum Gasteiger partial charge on any atom is 0.0206 e. The second kappa shape index (κ2) is 5.50. The molecular formula is C16H32N2. The van der Waals surface area contributed by atoms with Crippen molar-refractivity contribution < 1.29 is 0 Å². The maximum atomic E-state index is 6.15. The second-order valence-corrected chi connectivity index (χ2v) is 7.44. The predicted octanol–water partition coefficient (Wildman–Crippen LogP) is 3.26. The number of likely N-dealkylation sites (tertiary alicyclic amines) is 1. The van der Waals surface area contributed by atoms with Gasteiger partial charge in [-0.05, 0) is 42.9 Å². The van der Waals surface area contributed by atoms with E-state index in [4.69, 9.17) is 5.73 Å². The van der Waals surface area contributed by atoms with E-state index in [2.05, 4.69) is 32.6 Å². The molecule has 2 aliphatic rings. The minimum Gasteiger partial charge on any atom is -0.326 e. The van der Waals surface area contributed by atoms with Crippen LogP contribution in [0, 0.1) is 17.3 Å². The summed E-state index contributed by atoms with van der Waals surface area (Å²) in [5.74, 6) is 1.63. The lowest BCUT2D eigenvalue weighted by molar-refractivity contribution is 0.0954. The van der Waals surface area contributed by atoms with E-state index >= 15 is 0 Å². The summed E-state index contributed by atoms with van der Waals surface area (Å²) < 4.78 is 0. The van der Waals surface area contributed by atoms with Crippen molar-refractivity contribution in [3.63, 3.8) is 0 Å². The van der Waals surface area contributed by atoms with Gasteiger partial charge in [0.15, 0.2) is 0 Å². The van der Waals surface area contributed by atoms with Gasteiger partial charge >= 0.3 is 0 Å². The van der Waals surface area contributed by atoms with Crippen LogP contribution in [-0.2, 0) is 0 Å². The van der Waals surface area contributed by atoms with E-state index in [9.17, 15) is 0 Å². The van der Waals surface area contributed by atoms with Crippen molar-refractivity contribution >= 4 is 0 Å². The van der Waals surface area contributed by atoms with E-state index in [1.165, 1.54) is 38.6 Å². The zero-order chi connectivity index (χ0) is 13.3. The van der Waals surface area contributed by atoms with E-state index in [1.54, 1.807) is 0 Å². The van der Waals surface area contributed by atoms with Crippen LogP contribution in [0.1, 0.15) is 59.8 Å².